The first-order valence-electron chi connectivity index (χ1n) is 5.56. The summed E-state index contributed by atoms with van der Waals surface area (Å²) in [7, 11) is 0. The van der Waals surface area contributed by atoms with Crippen molar-refractivity contribution in [2.75, 3.05) is 19.7 Å². The normalized spacial score (nSPS) is 16.9. The van der Waals surface area contributed by atoms with E-state index in [1.807, 2.05) is 0 Å². The monoisotopic (exact) mass is 251 g/mol. The average molecular weight is 251 g/mol. The van der Waals surface area contributed by atoms with Crippen LogP contribution in [0.25, 0.3) is 0 Å². The summed E-state index contributed by atoms with van der Waals surface area (Å²) in [6, 6.07) is 5.60. The SMILES string of the molecule is C=CCOC(=O)N1CC(O)(c2ccc(F)cc2)C1. The van der Waals surface area contributed by atoms with E-state index in [2.05, 4.69) is 6.58 Å². The van der Waals surface area contributed by atoms with Gasteiger partial charge in [0.2, 0.25) is 0 Å². The third-order valence-corrected chi connectivity index (χ3v) is 2.87. The molecule has 18 heavy (non-hydrogen) atoms. The second-order valence-electron chi connectivity index (χ2n) is 4.26. The van der Waals surface area contributed by atoms with Crippen LogP contribution in [-0.2, 0) is 10.3 Å². The predicted octanol–water partition coefficient (Wildman–Crippen LogP) is 1.65. The van der Waals surface area contributed by atoms with Crippen molar-refractivity contribution < 1.29 is 19.0 Å². The van der Waals surface area contributed by atoms with Crippen molar-refractivity contribution in [3.8, 4) is 0 Å². The summed E-state index contributed by atoms with van der Waals surface area (Å²) in [6.07, 6.45) is 0.991. The van der Waals surface area contributed by atoms with Crippen LogP contribution in [0.2, 0.25) is 0 Å². The topological polar surface area (TPSA) is 49.8 Å². The lowest BCUT2D eigenvalue weighted by Crippen LogP contribution is -2.61. The number of hydrogen-bond donors (Lipinski definition) is 1. The average Bonchev–Trinajstić information content (AvgIpc) is 2.33. The van der Waals surface area contributed by atoms with Gasteiger partial charge in [0.25, 0.3) is 0 Å². The molecule has 1 N–H and O–H groups in total. The van der Waals surface area contributed by atoms with Crippen molar-refractivity contribution in [1.29, 1.82) is 0 Å². The molecule has 1 aromatic carbocycles. The standard InChI is InChI=1S/C13H14FNO3/c1-2-7-18-12(16)15-8-13(17,9-15)10-3-5-11(14)6-4-10/h2-6,17H,1,7-9H2. The van der Waals surface area contributed by atoms with Crippen LogP contribution in [0.3, 0.4) is 0 Å². The van der Waals surface area contributed by atoms with Gasteiger partial charge in [-0.25, -0.2) is 9.18 Å². The fraction of sp³-hybridized carbons (Fsp3) is 0.308. The summed E-state index contributed by atoms with van der Waals surface area (Å²) in [5.74, 6) is -0.357. The first-order valence-corrected chi connectivity index (χ1v) is 5.56. The Balaban J connectivity index is 1.95. The molecule has 96 valence electrons. The zero-order chi connectivity index (χ0) is 13.2. The summed E-state index contributed by atoms with van der Waals surface area (Å²) >= 11 is 0. The maximum Gasteiger partial charge on any atom is 0.410 e. The van der Waals surface area contributed by atoms with E-state index in [-0.39, 0.29) is 25.5 Å². The summed E-state index contributed by atoms with van der Waals surface area (Å²) in [5.41, 5.74) is -0.516. The Morgan fingerprint density at radius 3 is 2.67 bits per heavy atom. The molecule has 0 aliphatic carbocycles. The summed E-state index contributed by atoms with van der Waals surface area (Å²) in [4.78, 5) is 12.8. The van der Waals surface area contributed by atoms with Gasteiger partial charge >= 0.3 is 6.09 Å². The maximum atomic E-state index is 12.8. The molecule has 2 rings (SSSR count). The van der Waals surface area contributed by atoms with Crippen molar-refractivity contribution in [2.45, 2.75) is 5.60 Å². The number of halogens is 1. The van der Waals surface area contributed by atoms with Crippen LogP contribution >= 0.6 is 0 Å². The van der Waals surface area contributed by atoms with Crippen LogP contribution in [0.5, 0.6) is 0 Å². The molecule has 1 saturated heterocycles. The van der Waals surface area contributed by atoms with Crippen molar-refractivity contribution in [1.82, 2.24) is 4.90 Å². The number of aliphatic hydroxyl groups is 1. The molecule has 0 unspecified atom stereocenters. The lowest BCUT2D eigenvalue weighted by atomic mass is 9.86. The minimum absolute atomic E-state index is 0.143. The minimum atomic E-state index is -1.11. The number of hydrogen-bond acceptors (Lipinski definition) is 3. The molecular formula is C13H14FNO3. The molecule has 0 aromatic heterocycles. The highest BCUT2D eigenvalue weighted by Crippen LogP contribution is 2.32. The van der Waals surface area contributed by atoms with Gasteiger partial charge in [0, 0.05) is 0 Å². The Hall–Kier alpha value is -1.88. The van der Waals surface area contributed by atoms with Gasteiger partial charge in [-0.3, -0.25) is 0 Å². The first-order chi connectivity index (χ1) is 8.55. The van der Waals surface area contributed by atoms with E-state index in [1.165, 1.54) is 35.2 Å². The van der Waals surface area contributed by atoms with Crippen LogP contribution in [0, 0.1) is 5.82 Å². The van der Waals surface area contributed by atoms with E-state index >= 15 is 0 Å². The molecule has 1 aliphatic rings. The number of ether oxygens (including phenoxy) is 1. The molecule has 1 heterocycles. The van der Waals surface area contributed by atoms with Crippen LogP contribution < -0.4 is 0 Å². The van der Waals surface area contributed by atoms with E-state index in [9.17, 15) is 14.3 Å². The number of rotatable bonds is 3. The predicted molar refractivity (Wildman–Crippen MR) is 63.4 cm³/mol. The smallest absolute Gasteiger partial charge is 0.410 e. The quantitative estimate of drug-likeness (QED) is 0.831. The maximum absolute atomic E-state index is 12.8. The number of nitrogens with zero attached hydrogens (tertiary/aromatic N) is 1. The zero-order valence-electron chi connectivity index (χ0n) is 9.80. The summed E-state index contributed by atoms with van der Waals surface area (Å²) in [6.45, 7) is 3.88. The highest BCUT2D eigenvalue weighted by Gasteiger charge is 2.45. The summed E-state index contributed by atoms with van der Waals surface area (Å²) in [5, 5.41) is 10.2. The molecule has 1 aliphatic heterocycles. The van der Waals surface area contributed by atoms with E-state index in [4.69, 9.17) is 4.74 Å². The van der Waals surface area contributed by atoms with Crippen LogP contribution in [-0.4, -0.2) is 35.8 Å². The van der Waals surface area contributed by atoms with E-state index in [0.717, 1.165) is 0 Å². The molecule has 0 bridgehead atoms. The molecule has 1 aromatic rings. The number of benzene rings is 1. The Bertz CT molecular complexity index is 452. The third-order valence-electron chi connectivity index (χ3n) is 2.87. The van der Waals surface area contributed by atoms with Crippen LogP contribution in [0.4, 0.5) is 9.18 Å². The number of amides is 1. The van der Waals surface area contributed by atoms with E-state index < -0.39 is 11.7 Å². The number of carbonyl (C=O) groups is 1. The van der Waals surface area contributed by atoms with Gasteiger partial charge in [0.05, 0.1) is 13.1 Å². The third kappa shape index (κ3) is 2.36. The molecule has 0 saturated carbocycles. The Kier molecular flexibility index (Phi) is 3.34. The van der Waals surface area contributed by atoms with Crippen LogP contribution in [0.15, 0.2) is 36.9 Å². The Morgan fingerprint density at radius 1 is 1.50 bits per heavy atom. The molecule has 0 radical (unpaired) electrons. The number of carbonyl (C=O) groups excluding carboxylic acids is 1. The molecule has 5 heteroatoms. The molecular weight excluding hydrogens is 237 g/mol. The van der Waals surface area contributed by atoms with Gasteiger partial charge in [0.1, 0.15) is 18.0 Å². The first kappa shape index (κ1) is 12.6. The molecule has 4 nitrogen and oxygen atoms in total. The molecule has 0 atom stereocenters. The second kappa shape index (κ2) is 4.78. The van der Waals surface area contributed by atoms with Crippen molar-refractivity contribution in [2.24, 2.45) is 0 Å². The highest BCUT2D eigenvalue weighted by atomic mass is 19.1. The van der Waals surface area contributed by atoms with Crippen LogP contribution in [0.1, 0.15) is 5.56 Å². The number of likely N-dealkylation sites (tertiary alicyclic amines) is 1. The van der Waals surface area contributed by atoms with Gasteiger partial charge in [0.15, 0.2) is 0 Å². The minimum Gasteiger partial charge on any atom is -0.445 e. The highest BCUT2D eigenvalue weighted by molar-refractivity contribution is 5.69. The zero-order valence-corrected chi connectivity index (χ0v) is 9.80. The van der Waals surface area contributed by atoms with Gasteiger partial charge in [-0.1, -0.05) is 24.8 Å². The summed E-state index contributed by atoms with van der Waals surface area (Å²) < 4.78 is 17.6. The second-order valence-corrected chi connectivity index (χ2v) is 4.26. The molecule has 1 amide bonds. The van der Waals surface area contributed by atoms with Gasteiger partial charge in [-0.15, -0.1) is 0 Å². The largest absolute Gasteiger partial charge is 0.445 e. The van der Waals surface area contributed by atoms with E-state index in [1.54, 1.807) is 0 Å². The fourth-order valence-electron chi connectivity index (χ4n) is 1.88. The van der Waals surface area contributed by atoms with E-state index in [0.29, 0.717) is 5.56 Å². The van der Waals surface area contributed by atoms with Gasteiger partial charge in [-0.2, -0.15) is 0 Å². The molecule has 1 fully saturated rings. The Morgan fingerprint density at radius 2 is 2.11 bits per heavy atom. The van der Waals surface area contributed by atoms with Crippen molar-refractivity contribution in [3.05, 3.63) is 48.3 Å². The van der Waals surface area contributed by atoms with Gasteiger partial charge in [-0.05, 0) is 17.7 Å². The van der Waals surface area contributed by atoms with Crippen molar-refractivity contribution >= 4 is 6.09 Å². The molecule has 0 spiro atoms. The number of β-amino-alcohol motifs (C(OH)–C–C–N with tert-alkyl or cyclic N) is 1. The lowest BCUT2D eigenvalue weighted by molar-refractivity contribution is -0.0932. The van der Waals surface area contributed by atoms with Crippen molar-refractivity contribution in [3.63, 3.8) is 0 Å². The van der Waals surface area contributed by atoms with Gasteiger partial charge < -0.3 is 14.7 Å². The Labute approximate surface area is 104 Å². The lowest BCUT2D eigenvalue weighted by Gasteiger charge is -2.45. The fourth-order valence-corrected chi connectivity index (χ4v) is 1.88.